The van der Waals surface area contributed by atoms with Crippen molar-refractivity contribution in [2.45, 2.75) is 17.0 Å². The first kappa shape index (κ1) is 4.84. The molecule has 36 valence electrons. The summed E-state index contributed by atoms with van der Waals surface area (Å²) in [6, 6.07) is 0. The van der Waals surface area contributed by atoms with E-state index in [-0.39, 0.29) is 3.61 Å². The van der Waals surface area contributed by atoms with Gasteiger partial charge in [0.2, 0.25) is 0 Å². The standard InChI is InChI=1S/C4H7IO/c1-4(5)2-3-6-4/h2-3H2,1H3. The van der Waals surface area contributed by atoms with Gasteiger partial charge < -0.3 is 4.74 Å². The van der Waals surface area contributed by atoms with Gasteiger partial charge in [-0.05, 0) is 29.5 Å². The van der Waals surface area contributed by atoms with Gasteiger partial charge >= 0.3 is 0 Å². The number of hydrogen-bond acceptors (Lipinski definition) is 1. The zero-order valence-corrected chi connectivity index (χ0v) is 5.86. The molecule has 0 aromatic carbocycles. The molecule has 0 spiro atoms. The maximum absolute atomic E-state index is 5.10. The van der Waals surface area contributed by atoms with Crippen molar-refractivity contribution in [3.8, 4) is 0 Å². The molecule has 1 aliphatic rings. The summed E-state index contributed by atoms with van der Waals surface area (Å²) in [5, 5.41) is 0. The highest BCUT2D eigenvalue weighted by atomic mass is 127. The minimum absolute atomic E-state index is 0.192. The topological polar surface area (TPSA) is 9.23 Å². The van der Waals surface area contributed by atoms with Crippen LogP contribution in [-0.4, -0.2) is 10.2 Å². The molecule has 0 aliphatic carbocycles. The first-order valence-corrected chi connectivity index (χ1v) is 3.11. The van der Waals surface area contributed by atoms with Crippen LogP contribution in [0.4, 0.5) is 0 Å². The molecule has 1 saturated heterocycles. The Hall–Kier alpha value is 0.690. The molecule has 0 N–H and O–H groups in total. The Morgan fingerprint density at radius 3 is 2.17 bits per heavy atom. The molecular weight excluding hydrogens is 191 g/mol. The van der Waals surface area contributed by atoms with Crippen molar-refractivity contribution < 1.29 is 4.74 Å². The van der Waals surface area contributed by atoms with Gasteiger partial charge in [-0.15, -0.1) is 0 Å². The van der Waals surface area contributed by atoms with E-state index in [2.05, 4.69) is 29.5 Å². The Bertz CT molecular complexity index is 54.6. The Morgan fingerprint density at radius 2 is 2.17 bits per heavy atom. The van der Waals surface area contributed by atoms with Gasteiger partial charge in [0, 0.05) is 6.42 Å². The summed E-state index contributed by atoms with van der Waals surface area (Å²) in [7, 11) is 0. The summed E-state index contributed by atoms with van der Waals surface area (Å²) in [5.74, 6) is 0. The van der Waals surface area contributed by atoms with Crippen LogP contribution >= 0.6 is 22.6 Å². The predicted octanol–water partition coefficient (Wildman–Crippen LogP) is 1.56. The summed E-state index contributed by atoms with van der Waals surface area (Å²) in [6.45, 7) is 3.05. The average Bonchev–Trinajstić information content (AvgIpc) is 1.32. The van der Waals surface area contributed by atoms with Crippen molar-refractivity contribution in [2.75, 3.05) is 6.61 Å². The third kappa shape index (κ3) is 0.846. The molecule has 0 saturated carbocycles. The lowest BCUT2D eigenvalue weighted by atomic mass is 10.2. The van der Waals surface area contributed by atoms with E-state index in [4.69, 9.17) is 4.74 Å². The lowest BCUT2D eigenvalue weighted by Crippen LogP contribution is -2.33. The number of ether oxygens (including phenoxy) is 1. The summed E-state index contributed by atoms with van der Waals surface area (Å²) < 4.78 is 5.30. The van der Waals surface area contributed by atoms with Gasteiger partial charge in [-0.25, -0.2) is 0 Å². The second kappa shape index (κ2) is 1.33. The minimum atomic E-state index is 0.192. The second-order valence-corrected chi connectivity index (χ2v) is 3.98. The summed E-state index contributed by atoms with van der Waals surface area (Å²) in [6.07, 6.45) is 1.22. The van der Waals surface area contributed by atoms with E-state index in [1.54, 1.807) is 0 Å². The Morgan fingerprint density at radius 1 is 1.83 bits per heavy atom. The van der Waals surface area contributed by atoms with Crippen LogP contribution in [-0.2, 0) is 4.74 Å². The fourth-order valence-corrected chi connectivity index (χ4v) is 0.824. The predicted molar refractivity (Wildman–Crippen MR) is 33.0 cm³/mol. The highest BCUT2D eigenvalue weighted by Gasteiger charge is 2.28. The number of halogens is 1. The SMILES string of the molecule is CC1(I)CCO1. The largest absolute Gasteiger partial charge is 0.365 e. The molecule has 1 fully saturated rings. The van der Waals surface area contributed by atoms with Gasteiger partial charge in [-0.3, -0.25) is 0 Å². The molecule has 0 bridgehead atoms. The molecule has 1 atom stereocenters. The Balaban J connectivity index is 2.31. The molecule has 1 rings (SSSR count). The average molecular weight is 198 g/mol. The minimum Gasteiger partial charge on any atom is -0.365 e. The quantitative estimate of drug-likeness (QED) is 0.424. The number of hydrogen-bond donors (Lipinski definition) is 0. The molecule has 1 heterocycles. The monoisotopic (exact) mass is 198 g/mol. The highest BCUT2D eigenvalue weighted by molar-refractivity contribution is 14.1. The summed E-state index contributed by atoms with van der Waals surface area (Å²) >= 11 is 2.31. The van der Waals surface area contributed by atoms with Crippen LogP contribution in [0.25, 0.3) is 0 Å². The Labute approximate surface area is 51.2 Å². The smallest absolute Gasteiger partial charge is 0.118 e. The highest BCUT2D eigenvalue weighted by Crippen LogP contribution is 2.32. The van der Waals surface area contributed by atoms with E-state index in [0.29, 0.717) is 0 Å². The zero-order valence-electron chi connectivity index (χ0n) is 3.70. The van der Waals surface area contributed by atoms with E-state index in [0.717, 1.165) is 6.61 Å². The summed E-state index contributed by atoms with van der Waals surface area (Å²) in [5.41, 5.74) is 0. The second-order valence-electron chi connectivity index (χ2n) is 1.70. The molecule has 0 radical (unpaired) electrons. The molecule has 2 heteroatoms. The normalized spacial score (nSPS) is 45.0. The van der Waals surface area contributed by atoms with Crippen molar-refractivity contribution in [2.24, 2.45) is 0 Å². The molecule has 0 amide bonds. The van der Waals surface area contributed by atoms with Gasteiger partial charge in [0.1, 0.15) is 3.61 Å². The first-order valence-electron chi connectivity index (χ1n) is 2.04. The van der Waals surface area contributed by atoms with Gasteiger partial charge in [0.05, 0.1) is 6.61 Å². The van der Waals surface area contributed by atoms with Gasteiger partial charge in [-0.2, -0.15) is 0 Å². The van der Waals surface area contributed by atoms with E-state index in [1.807, 2.05) is 0 Å². The van der Waals surface area contributed by atoms with Crippen molar-refractivity contribution >= 4 is 22.6 Å². The third-order valence-corrected chi connectivity index (χ3v) is 1.80. The van der Waals surface area contributed by atoms with Gasteiger partial charge in [-0.1, -0.05) is 0 Å². The maximum Gasteiger partial charge on any atom is 0.118 e. The van der Waals surface area contributed by atoms with Gasteiger partial charge in [0.15, 0.2) is 0 Å². The van der Waals surface area contributed by atoms with E-state index in [1.165, 1.54) is 6.42 Å². The van der Waals surface area contributed by atoms with Crippen LogP contribution in [0.1, 0.15) is 13.3 Å². The molecule has 6 heavy (non-hydrogen) atoms. The lowest BCUT2D eigenvalue weighted by molar-refractivity contribution is -0.0516. The lowest BCUT2D eigenvalue weighted by Gasteiger charge is -2.32. The molecular formula is C4H7IO. The molecule has 1 aliphatic heterocycles. The van der Waals surface area contributed by atoms with Crippen LogP contribution in [0, 0.1) is 0 Å². The van der Waals surface area contributed by atoms with E-state index in [9.17, 15) is 0 Å². The van der Waals surface area contributed by atoms with Crippen LogP contribution in [0.5, 0.6) is 0 Å². The van der Waals surface area contributed by atoms with Crippen LogP contribution in [0.2, 0.25) is 0 Å². The Kier molecular flexibility index (Phi) is 1.08. The van der Waals surface area contributed by atoms with Crippen LogP contribution < -0.4 is 0 Å². The number of alkyl halides is 1. The van der Waals surface area contributed by atoms with E-state index >= 15 is 0 Å². The summed E-state index contributed by atoms with van der Waals surface area (Å²) in [4.78, 5) is 0. The number of rotatable bonds is 0. The van der Waals surface area contributed by atoms with Crippen molar-refractivity contribution in [1.82, 2.24) is 0 Å². The molecule has 0 aromatic heterocycles. The van der Waals surface area contributed by atoms with Crippen molar-refractivity contribution in [3.05, 3.63) is 0 Å². The molecule has 0 aromatic rings. The fraction of sp³-hybridized carbons (Fsp3) is 1.00. The van der Waals surface area contributed by atoms with Crippen molar-refractivity contribution in [3.63, 3.8) is 0 Å². The fourth-order valence-electron chi connectivity index (χ4n) is 0.383. The molecule has 1 nitrogen and oxygen atoms in total. The van der Waals surface area contributed by atoms with Crippen LogP contribution in [0.3, 0.4) is 0 Å². The zero-order chi connectivity index (χ0) is 4.62. The van der Waals surface area contributed by atoms with Crippen molar-refractivity contribution in [1.29, 1.82) is 0 Å². The third-order valence-electron chi connectivity index (χ3n) is 0.952. The van der Waals surface area contributed by atoms with E-state index < -0.39 is 0 Å². The first-order chi connectivity index (χ1) is 2.71. The van der Waals surface area contributed by atoms with Crippen LogP contribution in [0.15, 0.2) is 0 Å². The maximum atomic E-state index is 5.10. The molecule has 1 unspecified atom stereocenters. The van der Waals surface area contributed by atoms with Gasteiger partial charge in [0.25, 0.3) is 0 Å².